The molecule has 0 aliphatic carbocycles. The van der Waals surface area contributed by atoms with Crippen LogP contribution in [-0.4, -0.2) is 21.9 Å². The summed E-state index contributed by atoms with van der Waals surface area (Å²) >= 11 is 0. The smallest absolute Gasteiger partial charge is 0.228 e. The maximum absolute atomic E-state index is 12.5. The van der Waals surface area contributed by atoms with E-state index in [4.69, 9.17) is 5.73 Å². The van der Waals surface area contributed by atoms with Crippen molar-refractivity contribution in [2.24, 2.45) is 5.73 Å². The number of carbonyl (C=O) groups is 1. The Morgan fingerprint density at radius 1 is 1.39 bits per heavy atom. The van der Waals surface area contributed by atoms with E-state index in [1.54, 1.807) is 6.20 Å². The lowest BCUT2D eigenvalue weighted by Crippen LogP contribution is -2.14. The van der Waals surface area contributed by atoms with Gasteiger partial charge in [0.15, 0.2) is 5.82 Å². The number of aromatic nitrogens is 2. The van der Waals surface area contributed by atoms with E-state index in [0.717, 1.165) is 12.1 Å². The van der Waals surface area contributed by atoms with Gasteiger partial charge in [0, 0.05) is 24.5 Å². The Morgan fingerprint density at radius 3 is 2.89 bits per heavy atom. The first-order valence-electron chi connectivity index (χ1n) is 6.11. The lowest BCUT2D eigenvalue weighted by Gasteiger charge is -2.08. The van der Waals surface area contributed by atoms with Gasteiger partial charge in [0.05, 0.1) is 0 Å². The maximum Gasteiger partial charge on any atom is 0.228 e. The van der Waals surface area contributed by atoms with Gasteiger partial charge in [-0.15, -0.1) is 0 Å². The SMILES string of the molecule is CCn1ccnc1C(=O)c1ccccc1CCN. The van der Waals surface area contributed by atoms with Gasteiger partial charge in [-0.2, -0.15) is 0 Å². The van der Waals surface area contributed by atoms with Crippen LogP contribution in [0.5, 0.6) is 0 Å². The fraction of sp³-hybridized carbons (Fsp3) is 0.286. The first-order valence-corrected chi connectivity index (χ1v) is 6.11. The van der Waals surface area contributed by atoms with Gasteiger partial charge in [0.1, 0.15) is 0 Å². The summed E-state index contributed by atoms with van der Waals surface area (Å²) < 4.78 is 1.85. The summed E-state index contributed by atoms with van der Waals surface area (Å²) in [6.07, 6.45) is 4.18. The van der Waals surface area contributed by atoms with E-state index < -0.39 is 0 Å². The minimum atomic E-state index is -0.0362. The summed E-state index contributed by atoms with van der Waals surface area (Å²) in [6, 6.07) is 7.57. The molecule has 94 valence electrons. The molecule has 0 spiro atoms. The number of benzene rings is 1. The largest absolute Gasteiger partial charge is 0.330 e. The summed E-state index contributed by atoms with van der Waals surface area (Å²) in [5.74, 6) is 0.452. The highest BCUT2D eigenvalue weighted by Gasteiger charge is 2.17. The fourth-order valence-corrected chi connectivity index (χ4v) is 2.01. The highest BCUT2D eigenvalue weighted by Crippen LogP contribution is 2.14. The zero-order chi connectivity index (χ0) is 13.0. The second-order valence-electron chi connectivity index (χ2n) is 4.06. The minimum Gasteiger partial charge on any atom is -0.330 e. The molecule has 0 saturated heterocycles. The van der Waals surface area contributed by atoms with Crippen LogP contribution in [0.4, 0.5) is 0 Å². The van der Waals surface area contributed by atoms with Gasteiger partial charge in [0.25, 0.3) is 0 Å². The van der Waals surface area contributed by atoms with Crippen molar-refractivity contribution in [1.82, 2.24) is 9.55 Å². The molecule has 4 nitrogen and oxygen atoms in total. The van der Waals surface area contributed by atoms with Gasteiger partial charge in [-0.05, 0) is 25.5 Å². The quantitative estimate of drug-likeness (QED) is 0.812. The molecule has 0 fully saturated rings. The summed E-state index contributed by atoms with van der Waals surface area (Å²) in [5.41, 5.74) is 7.25. The molecule has 0 radical (unpaired) electrons. The predicted octanol–water partition coefficient (Wildman–Crippen LogP) is 1.64. The molecule has 1 aromatic carbocycles. The van der Waals surface area contributed by atoms with E-state index in [1.807, 2.05) is 42.0 Å². The molecule has 0 saturated carbocycles. The van der Waals surface area contributed by atoms with E-state index in [9.17, 15) is 4.79 Å². The molecule has 0 bridgehead atoms. The molecule has 0 aliphatic heterocycles. The van der Waals surface area contributed by atoms with E-state index >= 15 is 0 Å². The average Bonchev–Trinajstić information content (AvgIpc) is 2.87. The van der Waals surface area contributed by atoms with Crippen molar-refractivity contribution >= 4 is 5.78 Å². The Labute approximate surface area is 106 Å². The topological polar surface area (TPSA) is 60.9 Å². The summed E-state index contributed by atoms with van der Waals surface area (Å²) in [4.78, 5) is 16.6. The van der Waals surface area contributed by atoms with Crippen molar-refractivity contribution < 1.29 is 4.79 Å². The monoisotopic (exact) mass is 243 g/mol. The molecule has 2 rings (SSSR count). The molecule has 18 heavy (non-hydrogen) atoms. The van der Waals surface area contributed by atoms with Gasteiger partial charge >= 0.3 is 0 Å². The van der Waals surface area contributed by atoms with Crippen LogP contribution in [-0.2, 0) is 13.0 Å². The number of ketones is 1. The van der Waals surface area contributed by atoms with E-state index in [0.29, 0.717) is 24.4 Å². The molecule has 0 amide bonds. The van der Waals surface area contributed by atoms with Crippen LogP contribution in [0.1, 0.15) is 28.7 Å². The lowest BCUT2D eigenvalue weighted by molar-refractivity contribution is 0.102. The molecule has 0 aliphatic rings. The lowest BCUT2D eigenvalue weighted by atomic mass is 10.0. The zero-order valence-electron chi connectivity index (χ0n) is 10.5. The van der Waals surface area contributed by atoms with Crippen molar-refractivity contribution in [2.75, 3.05) is 6.54 Å². The van der Waals surface area contributed by atoms with Gasteiger partial charge in [-0.1, -0.05) is 24.3 Å². The van der Waals surface area contributed by atoms with Crippen molar-refractivity contribution in [2.45, 2.75) is 19.9 Å². The number of hydrogen-bond acceptors (Lipinski definition) is 3. The molecule has 1 heterocycles. The highest BCUT2D eigenvalue weighted by atomic mass is 16.1. The molecule has 2 aromatic rings. The number of nitrogens with zero attached hydrogens (tertiary/aromatic N) is 2. The van der Waals surface area contributed by atoms with Gasteiger partial charge < -0.3 is 10.3 Å². The van der Waals surface area contributed by atoms with E-state index in [-0.39, 0.29) is 5.78 Å². The number of imidazole rings is 1. The Bertz CT molecular complexity index is 545. The van der Waals surface area contributed by atoms with Crippen LogP contribution in [0.25, 0.3) is 0 Å². The Kier molecular flexibility index (Phi) is 3.89. The predicted molar refractivity (Wildman–Crippen MR) is 70.5 cm³/mol. The third kappa shape index (κ3) is 2.33. The molecule has 4 heteroatoms. The second kappa shape index (κ2) is 5.60. The average molecular weight is 243 g/mol. The Balaban J connectivity index is 2.40. The second-order valence-corrected chi connectivity index (χ2v) is 4.06. The van der Waals surface area contributed by atoms with E-state index in [2.05, 4.69) is 4.98 Å². The van der Waals surface area contributed by atoms with Crippen LogP contribution in [0.2, 0.25) is 0 Å². The van der Waals surface area contributed by atoms with Gasteiger partial charge in [-0.3, -0.25) is 4.79 Å². The Hall–Kier alpha value is -1.94. The van der Waals surface area contributed by atoms with Crippen LogP contribution >= 0.6 is 0 Å². The molecule has 0 unspecified atom stereocenters. The van der Waals surface area contributed by atoms with E-state index in [1.165, 1.54) is 0 Å². The molecular formula is C14H17N3O. The number of rotatable bonds is 5. The van der Waals surface area contributed by atoms with Crippen LogP contribution in [0.3, 0.4) is 0 Å². The number of nitrogens with two attached hydrogens (primary N) is 1. The molecule has 1 aromatic heterocycles. The maximum atomic E-state index is 12.5. The fourth-order valence-electron chi connectivity index (χ4n) is 2.01. The summed E-state index contributed by atoms with van der Waals surface area (Å²) in [7, 11) is 0. The third-order valence-corrected chi connectivity index (χ3v) is 2.93. The zero-order valence-corrected chi connectivity index (χ0v) is 10.5. The number of hydrogen-bond donors (Lipinski definition) is 1. The summed E-state index contributed by atoms with van der Waals surface area (Å²) in [6.45, 7) is 3.26. The molecule has 2 N–H and O–H groups in total. The van der Waals surface area contributed by atoms with Crippen molar-refractivity contribution in [3.05, 3.63) is 53.6 Å². The number of aryl methyl sites for hydroxylation is 1. The normalized spacial score (nSPS) is 10.6. The van der Waals surface area contributed by atoms with Crippen LogP contribution < -0.4 is 5.73 Å². The Morgan fingerprint density at radius 2 is 2.17 bits per heavy atom. The summed E-state index contributed by atoms with van der Waals surface area (Å²) in [5, 5.41) is 0. The van der Waals surface area contributed by atoms with Crippen molar-refractivity contribution in [3.8, 4) is 0 Å². The van der Waals surface area contributed by atoms with Crippen molar-refractivity contribution in [1.29, 1.82) is 0 Å². The van der Waals surface area contributed by atoms with Gasteiger partial charge in [0.2, 0.25) is 5.78 Å². The standard InChI is InChI=1S/C14H17N3O/c1-2-17-10-9-16-14(17)13(18)12-6-4-3-5-11(12)7-8-15/h3-6,9-10H,2,7-8,15H2,1H3. The van der Waals surface area contributed by atoms with Crippen molar-refractivity contribution in [3.63, 3.8) is 0 Å². The van der Waals surface area contributed by atoms with Crippen LogP contribution in [0.15, 0.2) is 36.7 Å². The number of carbonyl (C=O) groups excluding carboxylic acids is 1. The molecule has 0 atom stereocenters. The minimum absolute atomic E-state index is 0.0362. The first kappa shape index (κ1) is 12.5. The highest BCUT2D eigenvalue weighted by molar-refractivity contribution is 6.07. The third-order valence-electron chi connectivity index (χ3n) is 2.93. The van der Waals surface area contributed by atoms with Gasteiger partial charge in [-0.25, -0.2) is 4.98 Å². The van der Waals surface area contributed by atoms with Crippen LogP contribution in [0, 0.1) is 0 Å². The molecular weight excluding hydrogens is 226 g/mol. The first-order chi connectivity index (χ1) is 8.77.